The molecular formula is C10H17F3Si. The second kappa shape index (κ2) is 6.06. The van der Waals surface area contributed by atoms with Gasteiger partial charge in [-0.2, -0.15) is 8.78 Å². The summed E-state index contributed by atoms with van der Waals surface area (Å²) in [5, 5.41) is 0. The second-order valence-electron chi connectivity index (χ2n) is 3.52. The van der Waals surface area contributed by atoms with E-state index in [1.165, 1.54) is 13.0 Å². The summed E-state index contributed by atoms with van der Waals surface area (Å²) in [5.74, 6) is 0. The molecule has 2 unspecified atom stereocenters. The van der Waals surface area contributed by atoms with Gasteiger partial charge in [0.05, 0.1) is 0 Å². The van der Waals surface area contributed by atoms with Crippen molar-refractivity contribution in [3.63, 3.8) is 0 Å². The van der Waals surface area contributed by atoms with Crippen LogP contribution in [0.3, 0.4) is 0 Å². The maximum atomic E-state index is 14.2. The molecule has 0 aliphatic rings. The average Bonchev–Trinajstić information content (AvgIpc) is 2.03. The Morgan fingerprint density at radius 1 is 1.50 bits per heavy atom. The lowest BCUT2D eigenvalue weighted by Crippen LogP contribution is -2.31. The van der Waals surface area contributed by atoms with Gasteiger partial charge in [-0.05, 0) is 18.2 Å². The number of hydrogen-bond acceptors (Lipinski definition) is 0. The Kier molecular flexibility index (Phi) is 5.84. The molecule has 0 aromatic carbocycles. The first-order valence-corrected chi connectivity index (χ1v) is 7.16. The Labute approximate surface area is 84.7 Å². The normalized spacial score (nSPS) is 16.9. The summed E-state index contributed by atoms with van der Waals surface area (Å²) in [7, 11) is -3.09. The highest BCUT2D eigenvalue weighted by molar-refractivity contribution is 6.75. The lowest BCUT2D eigenvalue weighted by molar-refractivity contribution is 0.417. The molecule has 0 aliphatic carbocycles. The van der Waals surface area contributed by atoms with Crippen LogP contribution in [0, 0.1) is 0 Å². The lowest BCUT2D eigenvalue weighted by atomic mass is 10.5. The average molecular weight is 222 g/mol. The highest BCUT2D eigenvalue weighted by Crippen LogP contribution is 2.34. The number of rotatable bonds is 6. The summed E-state index contributed by atoms with van der Waals surface area (Å²) in [4.78, 5) is 0. The minimum Gasteiger partial charge on any atom is -0.313 e. The first kappa shape index (κ1) is 13.5. The number of allylic oxidation sites excluding steroid dienone is 2. The molecule has 0 fully saturated rings. The zero-order chi connectivity index (χ0) is 11.2. The van der Waals surface area contributed by atoms with Gasteiger partial charge in [0.25, 0.3) is 14.5 Å². The van der Waals surface area contributed by atoms with E-state index in [2.05, 4.69) is 6.58 Å². The van der Waals surface area contributed by atoms with Gasteiger partial charge in [0.1, 0.15) is 0 Å². The minimum absolute atomic E-state index is 0.256. The third kappa shape index (κ3) is 4.13. The van der Waals surface area contributed by atoms with Gasteiger partial charge in [-0.15, -0.1) is 6.58 Å². The van der Waals surface area contributed by atoms with E-state index in [4.69, 9.17) is 0 Å². The van der Waals surface area contributed by atoms with Crippen LogP contribution in [-0.2, 0) is 0 Å². The van der Waals surface area contributed by atoms with Crippen LogP contribution < -0.4 is 0 Å². The smallest absolute Gasteiger partial charge is 0.266 e. The summed E-state index contributed by atoms with van der Waals surface area (Å²) in [6.07, 6.45) is 1.16. The van der Waals surface area contributed by atoms with Crippen molar-refractivity contribution in [2.45, 2.75) is 37.9 Å². The van der Waals surface area contributed by atoms with Gasteiger partial charge in [0, 0.05) is 5.54 Å². The molecule has 0 aliphatic heterocycles. The van der Waals surface area contributed by atoms with Crippen LogP contribution in [0.1, 0.15) is 20.3 Å². The molecule has 0 saturated heterocycles. The lowest BCUT2D eigenvalue weighted by Gasteiger charge is -2.24. The topological polar surface area (TPSA) is 0 Å². The van der Waals surface area contributed by atoms with Crippen LogP contribution in [-0.4, -0.2) is 8.41 Å². The number of hydrogen-bond donors (Lipinski definition) is 0. The third-order valence-electron chi connectivity index (χ3n) is 2.34. The zero-order valence-electron chi connectivity index (χ0n) is 8.69. The van der Waals surface area contributed by atoms with E-state index >= 15 is 0 Å². The fourth-order valence-corrected chi connectivity index (χ4v) is 4.28. The molecule has 0 N–H and O–H groups in total. The highest BCUT2D eigenvalue weighted by atomic mass is 28.4. The summed E-state index contributed by atoms with van der Waals surface area (Å²) in [5.41, 5.74) is -0.634. The number of halogens is 3. The Morgan fingerprint density at radius 2 is 2.07 bits per heavy atom. The van der Waals surface area contributed by atoms with Crippen LogP contribution in [0.25, 0.3) is 0 Å². The van der Waals surface area contributed by atoms with Gasteiger partial charge < -0.3 is 4.11 Å². The molecule has 0 nitrogen and oxygen atoms in total. The zero-order valence-corrected chi connectivity index (χ0v) is 9.69. The molecule has 4 heteroatoms. The van der Waals surface area contributed by atoms with Gasteiger partial charge in [-0.25, -0.2) is 0 Å². The van der Waals surface area contributed by atoms with Crippen molar-refractivity contribution >= 4 is 8.41 Å². The van der Waals surface area contributed by atoms with Crippen molar-refractivity contribution < 1.29 is 12.9 Å². The van der Waals surface area contributed by atoms with E-state index in [9.17, 15) is 12.9 Å². The summed E-state index contributed by atoms with van der Waals surface area (Å²) >= 11 is 0. The van der Waals surface area contributed by atoms with Crippen molar-refractivity contribution in [2.75, 3.05) is 0 Å². The van der Waals surface area contributed by atoms with Crippen LogP contribution in [0.2, 0.25) is 17.6 Å². The maximum Gasteiger partial charge on any atom is 0.266 e. The molecule has 0 amide bonds. The van der Waals surface area contributed by atoms with Gasteiger partial charge >= 0.3 is 0 Å². The molecule has 0 aromatic rings. The Morgan fingerprint density at radius 3 is 2.43 bits per heavy atom. The standard InChI is InChI=1S/C10H17F3Si/c1-4-6-14(13,7-5-2)9(3)8-10(11)12/h4,8-9H,1,5-7H2,2-3H3. The maximum absolute atomic E-state index is 14.2. The van der Waals surface area contributed by atoms with Crippen LogP contribution >= 0.6 is 0 Å². The Hall–Kier alpha value is -0.513. The molecule has 0 aromatic heterocycles. The fraction of sp³-hybridized carbons (Fsp3) is 0.600. The van der Waals surface area contributed by atoms with E-state index in [-0.39, 0.29) is 6.04 Å². The molecule has 82 valence electrons. The largest absolute Gasteiger partial charge is 0.313 e. The van der Waals surface area contributed by atoms with E-state index < -0.39 is 20.0 Å². The van der Waals surface area contributed by atoms with Crippen molar-refractivity contribution in [1.82, 2.24) is 0 Å². The molecule has 0 heterocycles. The molecule has 14 heavy (non-hydrogen) atoms. The third-order valence-corrected chi connectivity index (χ3v) is 6.44. The predicted molar refractivity (Wildman–Crippen MR) is 56.7 cm³/mol. The van der Waals surface area contributed by atoms with E-state index in [0.29, 0.717) is 12.5 Å². The van der Waals surface area contributed by atoms with E-state index in [0.717, 1.165) is 6.08 Å². The first-order chi connectivity index (χ1) is 6.46. The van der Waals surface area contributed by atoms with E-state index in [1.54, 1.807) is 0 Å². The molecule has 0 radical (unpaired) electrons. The Balaban J connectivity index is 4.61. The van der Waals surface area contributed by atoms with Crippen molar-refractivity contribution in [1.29, 1.82) is 0 Å². The van der Waals surface area contributed by atoms with Crippen molar-refractivity contribution in [2.24, 2.45) is 0 Å². The minimum atomic E-state index is -3.09. The molecular weight excluding hydrogens is 205 g/mol. The van der Waals surface area contributed by atoms with Gasteiger partial charge in [0.15, 0.2) is 0 Å². The van der Waals surface area contributed by atoms with Crippen LogP contribution in [0.4, 0.5) is 12.9 Å². The van der Waals surface area contributed by atoms with Gasteiger partial charge in [-0.3, -0.25) is 0 Å². The quantitative estimate of drug-likeness (QED) is 0.348. The van der Waals surface area contributed by atoms with Gasteiger partial charge in [0.2, 0.25) is 0 Å². The molecule has 0 rings (SSSR count). The first-order valence-electron chi connectivity index (χ1n) is 4.79. The summed E-state index contributed by atoms with van der Waals surface area (Å²) in [6.45, 7) is 6.88. The van der Waals surface area contributed by atoms with Crippen molar-refractivity contribution in [3.05, 3.63) is 24.8 Å². The predicted octanol–water partition coefficient (Wildman–Crippen LogP) is 4.67. The Bertz CT molecular complexity index is 211. The monoisotopic (exact) mass is 222 g/mol. The van der Waals surface area contributed by atoms with Crippen LogP contribution in [0.15, 0.2) is 24.8 Å². The van der Waals surface area contributed by atoms with Gasteiger partial charge in [-0.1, -0.05) is 26.3 Å². The molecule has 0 spiro atoms. The molecule has 2 atom stereocenters. The van der Waals surface area contributed by atoms with E-state index in [1.807, 2.05) is 6.92 Å². The highest BCUT2D eigenvalue weighted by Gasteiger charge is 2.37. The summed E-state index contributed by atoms with van der Waals surface area (Å²) in [6, 6.07) is 0.676. The fourth-order valence-electron chi connectivity index (χ4n) is 1.51. The van der Waals surface area contributed by atoms with Crippen molar-refractivity contribution in [3.8, 4) is 0 Å². The molecule has 0 bridgehead atoms. The van der Waals surface area contributed by atoms with Crippen LogP contribution in [0.5, 0.6) is 0 Å². The summed E-state index contributed by atoms with van der Waals surface area (Å²) < 4.78 is 38.2. The second-order valence-corrected chi connectivity index (χ2v) is 7.41. The molecule has 0 saturated carbocycles. The SMILES string of the molecule is C=CC[Si](F)(CCC)C(C)C=C(F)F.